The molecule has 9 aromatic rings. The second-order valence-corrected chi connectivity index (χ2v) is 17.5. The highest BCUT2D eigenvalue weighted by Gasteiger charge is 2.52. The van der Waals surface area contributed by atoms with Crippen molar-refractivity contribution in [2.24, 2.45) is 0 Å². The molecule has 0 N–H and O–H groups in total. The molecule has 0 radical (unpaired) electrons. The van der Waals surface area contributed by atoms with Gasteiger partial charge in [0.25, 0.3) is 0 Å². The minimum atomic E-state index is -0.496. The summed E-state index contributed by atoms with van der Waals surface area (Å²) in [7, 11) is -0.496. The van der Waals surface area contributed by atoms with Gasteiger partial charge in [0.1, 0.15) is 0 Å². The maximum Gasteiger partial charge on any atom is 0.494 e. The van der Waals surface area contributed by atoms with Gasteiger partial charge in [-0.15, -0.1) is 0 Å². The fourth-order valence-corrected chi connectivity index (χ4v) is 10.4. The molecule has 58 heavy (non-hydrogen) atoms. The normalized spacial score (nSPS) is 15.4. The molecule has 0 atom stereocenters. The molecule has 3 aliphatic rings. The Kier molecular flexibility index (Phi) is 7.08. The van der Waals surface area contributed by atoms with E-state index in [-0.39, 0.29) is 0 Å². The summed E-state index contributed by atoms with van der Waals surface area (Å²) >= 11 is 7.21. The fraction of sp³-hybridized carbons (Fsp3) is 0.111. The van der Waals surface area contributed by atoms with Gasteiger partial charge in [-0.3, -0.25) is 0 Å². The van der Waals surface area contributed by atoms with Crippen LogP contribution in [0.5, 0.6) is 0 Å². The third-order valence-electron chi connectivity index (χ3n) is 13.5. The topological polar surface area (TPSA) is 18.5 Å². The molecule has 0 spiro atoms. The van der Waals surface area contributed by atoms with Crippen LogP contribution < -0.4 is 5.46 Å². The fourth-order valence-electron chi connectivity index (χ4n) is 10.1. The Morgan fingerprint density at radius 2 is 0.879 bits per heavy atom. The molecule has 1 saturated heterocycles. The first-order chi connectivity index (χ1) is 28.2. The van der Waals surface area contributed by atoms with E-state index in [1.807, 2.05) is 12.1 Å². The summed E-state index contributed by atoms with van der Waals surface area (Å²) < 4.78 is 13.3. The summed E-state index contributed by atoms with van der Waals surface area (Å²) in [5.41, 5.74) is 17.3. The first-order valence-electron chi connectivity index (χ1n) is 20.2. The summed E-state index contributed by atoms with van der Waals surface area (Å²) in [6, 6.07) is 57.8. The maximum absolute atomic E-state index is 7.21. The van der Waals surface area contributed by atoms with Crippen LogP contribution in [0.3, 0.4) is 0 Å². The molecule has 276 valence electrons. The van der Waals surface area contributed by atoms with Crippen molar-refractivity contribution >= 4 is 56.5 Å². The molecular weight excluding hydrogens is 727 g/mol. The number of hydrogen-bond acceptors (Lipinski definition) is 2. The molecule has 0 bridgehead atoms. The highest BCUT2D eigenvalue weighted by atomic mass is 35.5. The van der Waals surface area contributed by atoms with Crippen molar-refractivity contribution in [2.45, 2.75) is 38.9 Å². The van der Waals surface area contributed by atoms with Crippen LogP contribution in [0.2, 0.25) is 5.02 Å². The van der Waals surface area contributed by atoms with Crippen LogP contribution in [-0.4, -0.2) is 18.3 Å². The van der Waals surface area contributed by atoms with Gasteiger partial charge in [0.05, 0.1) is 11.2 Å². The van der Waals surface area contributed by atoms with Gasteiger partial charge in [0.15, 0.2) is 0 Å². The molecule has 2 aliphatic carbocycles. The Hall–Kier alpha value is -5.97. The van der Waals surface area contributed by atoms with E-state index in [2.05, 4.69) is 173 Å². The number of rotatable bonds is 4. The summed E-state index contributed by atoms with van der Waals surface area (Å²) in [6.07, 6.45) is 0. The average Bonchev–Trinajstić information content (AvgIpc) is 3.83. The number of hydrogen-bond donors (Lipinski definition) is 0. The van der Waals surface area contributed by atoms with Gasteiger partial charge < -0.3 is 9.31 Å². The average molecular weight is 765 g/mol. The Morgan fingerprint density at radius 3 is 1.55 bits per heavy atom. The van der Waals surface area contributed by atoms with E-state index in [9.17, 15) is 0 Å². The Labute approximate surface area is 343 Å². The third-order valence-corrected chi connectivity index (χ3v) is 13.8. The lowest BCUT2D eigenvalue weighted by Crippen LogP contribution is -2.41. The van der Waals surface area contributed by atoms with Gasteiger partial charge in [-0.05, 0) is 144 Å². The van der Waals surface area contributed by atoms with Crippen LogP contribution in [0, 0.1) is 0 Å². The van der Waals surface area contributed by atoms with Crippen LogP contribution in [0.15, 0.2) is 158 Å². The molecule has 0 aromatic heterocycles. The second-order valence-electron chi connectivity index (χ2n) is 17.1. The largest absolute Gasteiger partial charge is 0.494 e. The quantitative estimate of drug-likeness (QED) is 0.166. The molecular formula is C54H38BClO2. The zero-order valence-electron chi connectivity index (χ0n) is 32.8. The van der Waals surface area contributed by atoms with E-state index in [1.165, 1.54) is 82.7 Å². The highest BCUT2D eigenvalue weighted by Crippen LogP contribution is 2.59. The van der Waals surface area contributed by atoms with Crippen molar-refractivity contribution in [3.05, 3.63) is 163 Å². The van der Waals surface area contributed by atoms with E-state index in [1.54, 1.807) is 0 Å². The van der Waals surface area contributed by atoms with Gasteiger partial charge in [0.2, 0.25) is 0 Å². The SMILES string of the molecule is CC1(C)OB(c2ccc3c(-c4ccccc4Cl)c4c(c(-c5ccccc5)c3c2)-c2cccc3c(-c5ccc6c7c(cccc57)-c5ccccc5-6)ccc-4c23)OC1(C)C. The molecule has 2 nitrogen and oxygen atoms in total. The second kappa shape index (κ2) is 12.0. The summed E-state index contributed by atoms with van der Waals surface area (Å²) in [6.45, 7) is 8.45. The Morgan fingerprint density at radius 1 is 0.379 bits per heavy atom. The van der Waals surface area contributed by atoms with Crippen LogP contribution in [0.1, 0.15) is 27.7 Å². The van der Waals surface area contributed by atoms with Crippen molar-refractivity contribution < 1.29 is 9.31 Å². The van der Waals surface area contributed by atoms with Gasteiger partial charge in [-0.1, -0.05) is 163 Å². The molecule has 1 heterocycles. The summed E-state index contributed by atoms with van der Waals surface area (Å²) in [5.74, 6) is 0. The van der Waals surface area contributed by atoms with Crippen LogP contribution in [0.25, 0.3) is 110 Å². The standard InChI is InChI=1S/C54H38BClO2/c1-53(2)54(3,4)58-55(57-53)32-24-25-41-45(30-32)47(31-14-6-5-7-15-31)51-43-22-13-21-39-36(27-29-44(49(39)43)52(51)50(41)42-18-10-11-23-46(42)56)35-26-28-40-34-17-9-8-16-33(34)37-19-12-20-38(35)48(37)40/h5-30H,1-4H3. The predicted octanol–water partition coefficient (Wildman–Crippen LogP) is 14.4. The lowest BCUT2D eigenvalue weighted by Gasteiger charge is -2.32. The molecule has 1 fully saturated rings. The van der Waals surface area contributed by atoms with Crippen LogP contribution >= 0.6 is 11.6 Å². The molecule has 9 aromatic carbocycles. The maximum atomic E-state index is 7.21. The van der Waals surface area contributed by atoms with E-state index < -0.39 is 18.3 Å². The van der Waals surface area contributed by atoms with E-state index in [0.29, 0.717) is 0 Å². The zero-order chi connectivity index (χ0) is 39.1. The molecule has 12 rings (SSSR count). The molecule has 0 unspecified atom stereocenters. The molecule has 0 saturated carbocycles. The van der Waals surface area contributed by atoms with Crippen molar-refractivity contribution in [3.8, 4) is 77.9 Å². The van der Waals surface area contributed by atoms with E-state index in [0.717, 1.165) is 37.9 Å². The predicted molar refractivity (Wildman–Crippen MR) is 245 cm³/mol. The van der Waals surface area contributed by atoms with Crippen molar-refractivity contribution in [1.82, 2.24) is 0 Å². The monoisotopic (exact) mass is 764 g/mol. The number of fused-ring (bicyclic) bond motifs is 7. The Balaban J connectivity index is 1.17. The molecule has 4 heteroatoms. The minimum absolute atomic E-state index is 0.459. The van der Waals surface area contributed by atoms with Crippen molar-refractivity contribution in [3.63, 3.8) is 0 Å². The lowest BCUT2D eigenvalue weighted by atomic mass is 9.75. The molecule has 0 amide bonds. The van der Waals surface area contributed by atoms with E-state index in [4.69, 9.17) is 20.9 Å². The molecule has 1 aliphatic heterocycles. The number of halogens is 1. The minimum Gasteiger partial charge on any atom is -0.399 e. The van der Waals surface area contributed by atoms with Gasteiger partial charge in [0, 0.05) is 10.6 Å². The highest BCUT2D eigenvalue weighted by molar-refractivity contribution is 6.62. The smallest absolute Gasteiger partial charge is 0.399 e. The van der Waals surface area contributed by atoms with Gasteiger partial charge in [-0.2, -0.15) is 0 Å². The number of benzene rings is 9. The first kappa shape index (κ1) is 34.1. The zero-order valence-corrected chi connectivity index (χ0v) is 33.5. The van der Waals surface area contributed by atoms with Crippen LogP contribution in [-0.2, 0) is 9.31 Å². The van der Waals surface area contributed by atoms with Crippen molar-refractivity contribution in [1.29, 1.82) is 0 Å². The first-order valence-corrected chi connectivity index (χ1v) is 20.6. The van der Waals surface area contributed by atoms with Gasteiger partial charge >= 0.3 is 7.12 Å². The summed E-state index contributed by atoms with van der Waals surface area (Å²) in [4.78, 5) is 0. The van der Waals surface area contributed by atoms with Gasteiger partial charge in [-0.25, -0.2) is 0 Å². The Bertz CT molecular complexity index is 3210. The summed E-state index contributed by atoms with van der Waals surface area (Å²) in [5, 5.41) is 8.15. The van der Waals surface area contributed by atoms with Crippen LogP contribution in [0.4, 0.5) is 0 Å². The van der Waals surface area contributed by atoms with Crippen molar-refractivity contribution in [2.75, 3.05) is 0 Å². The van der Waals surface area contributed by atoms with E-state index >= 15 is 0 Å². The lowest BCUT2D eigenvalue weighted by molar-refractivity contribution is 0.00578. The third kappa shape index (κ3) is 4.58.